The number of amides is 2. The second-order valence-electron chi connectivity index (χ2n) is 13.8. The van der Waals surface area contributed by atoms with Crippen molar-refractivity contribution in [2.75, 3.05) is 36.5 Å². The van der Waals surface area contributed by atoms with Gasteiger partial charge in [0.2, 0.25) is 11.8 Å². The van der Waals surface area contributed by atoms with E-state index in [0.29, 0.717) is 49.0 Å². The van der Waals surface area contributed by atoms with E-state index in [2.05, 4.69) is 60.6 Å². The maximum atomic E-state index is 12.9. The highest BCUT2D eigenvalue weighted by Crippen LogP contribution is 2.39. The highest BCUT2D eigenvalue weighted by atomic mass is 16.6. The van der Waals surface area contributed by atoms with Crippen LogP contribution in [0.3, 0.4) is 0 Å². The van der Waals surface area contributed by atoms with Crippen molar-refractivity contribution in [1.82, 2.24) is 50.4 Å². The van der Waals surface area contributed by atoms with Crippen LogP contribution in [0.2, 0.25) is 0 Å². The molecule has 2 fully saturated rings. The first-order valence-corrected chi connectivity index (χ1v) is 18.4. The summed E-state index contributed by atoms with van der Waals surface area (Å²) < 4.78 is 7.74. The van der Waals surface area contributed by atoms with Crippen LogP contribution in [-0.2, 0) is 17.8 Å². The molecule has 18 heteroatoms. The monoisotopic (exact) mass is 762 g/mol. The smallest absolute Gasteiger partial charge is 0.315 e. The Labute approximate surface area is 320 Å². The van der Waals surface area contributed by atoms with Gasteiger partial charge in [0.05, 0.1) is 19.5 Å². The Hall–Kier alpha value is -6.21. The van der Waals surface area contributed by atoms with E-state index in [1.54, 1.807) is 22.8 Å². The van der Waals surface area contributed by atoms with Crippen molar-refractivity contribution in [1.29, 1.82) is 0 Å². The van der Waals surface area contributed by atoms with Crippen molar-refractivity contribution in [3.63, 3.8) is 0 Å². The van der Waals surface area contributed by atoms with Crippen molar-refractivity contribution < 1.29 is 30.0 Å². The first-order valence-electron chi connectivity index (χ1n) is 18.4. The van der Waals surface area contributed by atoms with Crippen LogP contribution in [0.1, 0.15) is 47.2 Å². The number of carbonyl (C=O) groups excluding carboxylic acids is 1. The number of anilines is 2. The molecular formula is C38H42N12O6. The van der Waals surface area contributed by atoms with E-state index in [4.69, 9.17) is 14.7 Å². The van der Waals surface area contributed by atoms with E-state index in [9.17, 15) is 25.2 Å². The van der Waals surface area contributed by atoms with Crippen molar-refractivity contribution in [2.45, 2.75) is 56.0 Å². The van der Waals surface area contributed by atoms with Gasteiger partial charge in [-0.2, -0.15) is 14.8 Å². The number of aliphatic hydroxyl groups is 3. The molecule has 6 aromatic rings. The molecule has 0 radical (unpaired) electrons. The quantitative estimate of drug-likeness (QED) is 0.0890. The molecule has 5 heterocycles. The molecule has 0 aliphatic carbocycles. The minimum Gasteiger partial charge on any atom is -0.508 e. The van der Waals surface area contributed by atoms with Gasteiger partial charge >= 0.3 is 6.03 Å². The third-order valence-corrected chi connectivity index (χ3v) is 9.99. The van der Waals surface area contributed by atoms with Crippen LogP contribution in [-0.4, -0.2) is 111 Å². The third kappa shape index (κ3) is 7.80. The van der Waals surface area contributed by atoms with E-state index in [0.717, 1.165) is 16.7 Å². The maximum Gasteiger partial charge on any atom is 0.315 e. The number of phenolic OH excluding ortho intramolecular Hbond substituents is 1. The molecular weight excluding hydrogens is 720 g/mol. The summed E-state index contributed by atoms with van der Waals surface area (Å²) in [6.45, 7) is 1.60. The lowest BCUT2D eigenvalue weighted by Crippen LogP contribution is -2.43. The molecule has 0 bridgehead atoms. The molecule has 56 heavy (non-hydrogen) atoms. The third-order valence-electron chi connectivity index (χ3n) is 9.99. The zero-order chi connectivity index (χ0) is 38.6. The largest absolute Gasteiger partial charge is 0.508 e. The van der Waals surface area contributed by atoms with E-state index in [1.807, 2.05) is 47.4 Å². The lowest BCUT2D eigenvalue weighted by molar-refractivity contribution is -0.0384. The summed E-state index contributed by atoms with van der Waals surface area (Å²) in [5.41, 5.74) is 3.78. The number of ether oxygens (including phenoxy) is 1. The fraction of sp³-hybridized carbons (Fsp3) is 0.342. The average Bonchev–Trinajstić information content (AvgIpc) is 4.03. The number of nitrogens with one attached hydrogen (secondary N) is 3. The van der Waals surface area contributed by atoms with Crippen LogP contribution < -0.4 is 20.9 Å². The minimum absolute atomic E-state index is 0.0330. The number of benzene rings is 3. The number of nitrogens with zero attached hydrogens (tertiary/aromatic N) is 9. The molecule has 2 saturated heterocycles. The van der Waals surface area contributed by atoms with Crippen LogP contribution in [0.15, 0.2) is 91.3 Å². The van der Waals surface area contributed by atoms with Crippen molar-refractivity contribution in [2.24, 2.45) is 0 Å². The topological polar surface area (TPSA) is 234 Å². The van der Waals surface area contributed by atoms with Gasteiger partial charge in [-0.1, -0.05) is 72.8 Å². The number of aromatic nitrogens is 8. The van der Waals surface area contributed by atoms with Crippen molar-refractivity contribution in [3.05, 3.63) is 114 Å². The zero-order valence-corrected chi connectivity index (χ0v) is 30.2. The fourth-order valence-electron chi connectivity index (χ4n) is 7.15. The molecule has 2 aliphatic rings. The molecule has 2 amide bonds. The number of rotatable bonds is 13. The van der Waals surface area contributed by atoms with Crippen molar-refractivity contribution >= 4 is 29.0 Å². The maximum absolute atomic E-state index is 12.9. The standard InChI is InChI=1S/C38H42N12O6/c51-17-16-50-46-34(45-47-50)32-30(53)31(54)36(56-32)49-22-41-29-33(39-20-28(24-9-3-1-4-10-24)25-11-5-2-6-12-25)43-37(44-35(29)49)48-15-14-26(21-48)42-38(55)40-19-23-8-7-13-27(52)18-23/h1-13,18,22,26,28,30-32,36,51-54H,14-17,19-21H2,(H,39,43,44)(H2,40,42,55)/t26-,30+,31-,32+,36-/m1/s1. The number of imidazole rings is 1. The number of carbonyl (C=O) groups is 1. The molecule has 5 atom stereocenters. The van der Waals surface area contributed by atoms with Gasteiger partial charge in [0, 0.05) is 38.1 Å². The first-order chi connectivity index (χ1) is 27.3. The van der Waals surface area contributed by atoms with Gasteiger partial charge in [0.25, 0.3) is 0 Å². The second-order valence-corrected chi connectivity index (χ2v) is 13.8. The Morgan fingerprint density at radius 3 is 2.46 bits per heavy atom. The van der Waals surface area contributed by atoms with Crippen LogP contribution in [0, 0.1) is 0 Å². The van der Waals surface area contributed by atoms with Crippen molar-refractivity contribution in [3.8, 4) is 5.75 Å². The second kappa shape index (κ2) is 16.3. The molecule has 0 unspecified atom stereocenters. The van der Waals surface area contributed by atoms with Gasteiger partial charge in [-0.25, -0.2) is 9.78 Å². The highest BCUT2D eigenvalue weighted by Gasteiger charge is 2.47. The number of tetrazole rings is 1. The normalized spacial score (nSPS) is 20.9. The average molecular weight is 763 g/mol. The molecule has 0 saturated carbocycles. The van der Waals surface area contributed by atoms with E-state index < -0.39 is 24.5 Å². The van der Waals surface area contributed by atoms with Gasteiger partial charge in [-0.3, -0.25) is 4.57 Å². The van der Waals surface area contributed by atoms with Crippen LogP contribution >= 0.6 is 0 Å². The predicted molar refractivity (Wildman–Crippen MR) is 202 cm³/mol. The van der Waals surface area contributed by atoms with E-state index >= 15 is 0 Å². The fourth-order valence-corrected chi connectivity index (χ4v) is 7.15. The number of urea groups is 1. The van der Waals surface area contributed by atoms with Crippen LogP contribution in [0.5, 0.6) is 5.75 Å². The van der Waals surface area contributed by atoms with Crippen LogP contribution in [0.25, 0.3) is 11.2 Å². The van der Waals surface area contributed by atoms with Gasteiger partial charge < -0.3 is 46.0 Å². The number of hydrogen-bond acceptors (Lipinski definition) is 14. The lowest BCUT2D eigenvalue weighted by Gasteiger charge is -2.22. The molecule has 290 valence electrons. The Balaban J connectivity index is 1.07. The molecule has 3 aromatic carbocycles. The van der Waals surface area contributed by atoms with Gasteiger partial charge in [0.15, 0.2) is 29.3 Å². The Morgan fingerprint density at radius 2 is 1.73 bits per heavy atom. The summed E-state index contributed by atoms with van der Waals surface area (Å²) in [4.78, 5) is 30.6. The van der Waals surface area contributed by atoms with Crippen LogP contribution in [0.4, 0.5) is 16.6 Å². The molecule has 8 rings (SSSR count). The summed E-state index contributed by atoms with van der Waals surface area (Å²) >= 11 is 0. The zero-order valence-electron chi connectivity index (χ0n) is 30.2. The summed E-state index contributed by atoms with van der Waals surface area (Å²) in [7, 11) is 0. The number of aliphatic hydroxyl groups excluding tert-OH is 3. The molecule has 3 aromatic heterocycles. The number of aromatic hydroxyl groups is 1. The Bertz CT molecular complexity index is 2220. The highest BCUT2D eigenvalue weighted by molar-refractivity contribution is 5.84. The summed E-state index contributed by atoms with van der Waals surface area (Å²) in [5, 5.41) is 62.9. The minimum atomic E-state index is -1.41. The molecule has 7 N–H and O–H groups in total. The SMILES string of the molecule is O=C(NCc1cccc(O)c1)N[C@@H]1CCN(c2nc(NCC(c3ccccc3)c3ccccc3)c3ncn([C@@H]4O[C@H](c5nnn(CCO)n5)[C@@H](O)[C@H]4O)c3n2)C1. The van der Waals surface area contributed by atoms with Gasteiger partial charge in [-0.15, -0.1) is 10.2 Å². The summed E-state index contributed by atoms with van der Waals surface area (Å²) in [6.07, 6.45) is -2.91. The summed E-state index contributed by atoms with van der Waals surface area (Å²) in [6, 6.07) is 26.5. The molecule has 2 aliphatic heterocycles. The number of fused-ring (bicyclic) bond motifs is 1. The van der Waals surface area contributed by atoms with E-state index in [-0.39, 0.29) is 49.3 Å². The number of phenols is 1. The molecule has 18 nitrogen and oxygen atoms in total. The van der Waals surface area contributed by atoms with E-state index in [1.165, 1.54) is 11.1 Å². The van der Waals surface area contributed by atoms with Gasteiger partial charge in [-0.05, 0) is 40.5 Å². The first kappa shape index (κ1) is 36.8. The lowest BCUT2D eigenvalue weighted by atomic mass is 9.91. The Morgan fingerprint density at radius 1 is 0.964 bits per heavy atom. The summed E-state index contributed by atoms with van der Waals surface area (Å²) in [5.74, 6) is 0.988. The number of hydrogen-bond donors (Lipinski definition) is 7. The molecule has 0 spiro atoms. The van der Waals surface area contributed by atoms with Gasteiger partial charge in [0.1, 0.15) is 18.0 Å². The Kier molecular flexibility index (Phi) is 10.7. The predicted octanol–water partition coefficient (Wildman–Crippen LogP) is 1.82.